The minimum atomic E-state index is 0.276. The third-order valence-electron chi connectivity index (χ3n) is 12.5. The summed E-state index contributed by atoms with van der Waals surface area (Å²) in [5.41, 5.74) is 13.2. The van der Waals surface area contributed by atoms with Gasteiger partial charge in [-0.25, -0.2) is 0 Å². The van der Waals surface area contributed by atoms with Crippen molar-refractivity contribution in [3.63, 3.8) is 0 Å². The van der Waals surface area contributed by atoms with Crippen LogP contribution in [0.25, 0.3) is 27.5 Å². The highest BCUT2D eigenvalue weighted by atomic mass is 15.1. The summed E-state index contributed by atoms with van der Waals surface area (Å²) in [6.45, 7) is 0. The van der Waals surface area contributed by atoms with Crippen LogP contribution in [-0.2, 0) is 5.41 Å². The van der Waals surface area contributed by atoms with Crippen LogP contribution in [0.1, 0.15) is 56.1 Å². The monoisotopic (exact) mass is 581 g/mol. The Bertz CT molecular complexity index is 2030. The first kappa shape index (κ1) is 25.9. The Morgan fingerprint density at radius 1 is 0.622 bits per heavy atom. The molecule has 1 nitrogen and oxygen atoms in total. The van der Waals surface area contributed by atoms with Crippen LogP contribution in [0.4, 0.5) is 11.4 Å². The summed E-state index contributed by atoms with van der Waals surface area (Å²) >= 11 is 0. The lowest BCUT2D eigenvalue weighted by atomic mass is 9.50. The van der Waals surface area contributed by atoms with Crippen molar-refractivity contribution in [2.75, 3.05) is 4.90 Å². The van der Waals surface area contributed by atoms with Crippen molar-refractivity contribution >= 4 is 27.7 Å². The highest BCUT2D eigenvalue weighted by molar-refractivity contribution is 5.90. The number of fused-ring (bicyclic) bond motifs is 7. The van der Waals surface area contributed by atoms with E-state index in [0.29, 0.717) is 0 Å². The summed E-state index contributed by atoms with van der Waals surface area (Å²) in [5, 5.41) is 2.57. The summed E-state index contributed by atoms with van der Waals surface area (Å²) in [6, 6.07) is 45.3. The molecular formula is C44H39N. The molecule has 5 unspecified atom stereocenters. The highest BCUT2D eigenvalue weighted by Crippen LogP contribution is 2.70. The third kappa shape index (κ3) is 3.80. The van der Waals surface area contributed by atoms with E-state index in [1.807, 2.05) is 0 Å². The van der Waals surface area contributed by atoms with Gasteiger partial charge in [-0.3, -0.25) is 0 Å². The molecule has 0 saturated heterocycles. The van der Waals surface area contributed by atoms with Crippen molar-refractivity contribution in [1.29, 1.82) is 0 Å². The predicted molar refractivity (Wildman–Crippen MR) is 187 cm³/mol. The molecule has 2 bridgehead atoms. The second-order valence-electron chi connectivity index (χ2n) is 14.5. The van der Waals surface area contributed by atoms with E-state index < -0.39 is 0 Å². The molecule has 5 aromatic rings. The van der Waals surface area contributed by atoms with E-state index in [2.05, 4.69) is 132 Å². The van der Waals surface area contributed by atoms with Crippen LogP contribution in [-0.4, -0.2) is 0 Å². The average molecular weight is 582 g/mol. The largest absolute Gasteiger partial charge is 0.314 e. The zero-order valence-electron chi connectivity index (χ0n) is 25.8. The van der Waals surface area contributed by atoms with Crippen LogP contribution in [0.3, 0.4) is 0 Å². The lowest BCUT2D eigenvalue weighted by molar-refractivity contribution is 0.0364. The molecule has 5 atom stereocenters. The quantitative estimate of drug-likeness (QED) is 0.204. The number of allylic oxidation sites excluding steroid dienone is 4. The molecule has 10 rings (SSSR count). The van der Waals surface area contributed by atoms with E-state index >= 15 is 0 Å². The first-order valence-corrected chi connectivity index (χ1v) is 17.2. The number of para-hydroxylation sites is 1. The molecule has 0 radical (unpaired) electrons. The molecular weight excluding hydrogens is 542 g/mol. The molecule has 0 aliphatic heterocycles. The number of nitrogens with zero attached hydrogens (tertiary/aromatic N) is 1. The molecule has 220 valence electrons. The van der Waals surface area contributed by atoms with Crippen LogP contribution in [0.15, 0.2) is 139 Å². The third-order valence-corrected chi connectivity index (χ3v) is 12.5. The zero-order valence-corrected chi connectivity index (χ0v) is 25.8. The fraction of sp³-hybridized carbons (Fsp3) is 0.273. The van der Waals surface area contributed by atoms with Crippen molar-refractivity contribution < 1.29 is 0 Å². The van der Waals surface area contributed by atoms with Crippen LogP contribution in [0.5, 0.6) is 0 Å². The maximum absolute atomic E-state index is 2.60. The fourth-order valence-corrected chi connectivity index (χ4v) is 10.6. The molecule has 5 aliphatic carbocycles. The van der Waals surface area contributed by atoms with Gasteiger partial charge in [-0.15, -0.1) is 0 Å². The SMILES string of the molecule is C1=C(N(c2ccccc2)c2cccc(-c3ccc4ccccc4c3)c2)CCC2=C1c1ccccc1C21CCC2CC3CC1C3C2. The van der Waals surface area contributed by atoms with Gasteiger partial charge in [-0.1, -0.05) is 96.6 Å². The Morgan fingerprint density at radius 2 is 1.42 bits per heavy atom. The van der Waals surface area contributed by atoms with Gasteiger partial charge in [0.25, 0.3) is 0 Å². The maximum Gasteiger partial charge on any atom is 0.0464 e. The molecule has 0 amide bonds. The molecule has 3 fully saturated rings. The summed E-state index contributed by atoms with van der Waals surface area (Å²) in [6.07, 6.45) is 12.1. The van der Waals surface area contributed by atoms with E-state index in [-0.39, 0.29) is 5.41 Å². The lowest BCUT2D eigenvalue weighted by Crippen LogP contribution is -2.48. The summed E-state index contributed by atoms with van der Waals surface area (Å²) in [4.78, 5) is 2.54. The van der Waals surface area contributed by atoms with Gasteiger partial charge in [0.05, 0.1) is 0 Å². The van der Waals surface area contributed by atoms with Crippen molar-refractivity contribution in [3.05, 3.63) is 150 Å². The number of hydrogen-bond acceptors (Lipinski definition) is 1. The van der Waals surface area contributed by atoms with Crippen LogP contribution in [0.2, 0.25) is 0 Å². The van der Waals surface area contributed by atoms with Crippen molar-refractivity contribution in [2.45, 2.75) is 50.4 Å². The van der Waals surface area contributed by atoms with Gasteiger partial charge in [0.15, 0.2) is 0 Å². The number of anilines is 2. The topological polar surface area (TPSA) is 3.24 Å². The smallest absolute Gasteiger partial charge is 0.0464 e. The van der Waals surface area contributed by atoms with E-state index in [4.69, 9.17) is 0 Å². The van der Waals surface area contributed by atoms with Gasteiger partial charge in [-0.05, 0) is 144 Å². The minimum absolute atomic E-state index is 0.276. The van der Waals surface area contributed by atoms with Crippen molar-refractivity contribution in [3.8, 4) is 11.1 Å². The molecule has 5 aromatic carbocycles. The van der Waals surface area contributed by atoms with Crippen LogP contribution in [0, 0.1) is 23.7 Å². The Hall–Kier alpha value is -4.36. The Labute approximate surface area is 266 Å². The second-order valence-corrected chi connectivity index (χ2v) is 14.5. The van der Waals surface area contributed by atoms with E-state index in [1.165, 1.54) is 83.1 Å². The molecule has 0 heterocycles. The molecule has 0 N–H and O–H groups in total. The van der Waals surface area contributed by atoms with Gasteiger partial charge in [-0.2, -0.15) is 0 Å². The number of rotatable bonds is 4. The minimum Gasteiger partial charge on any atom is -0.314 e. The molecule has 1 spiro atoms. The molecule has 45 heavy (non-hydrogen) atoms. The van der Waals surface area contributed by atoms with Gasteiger partial charge in [0, 0.05) is 22.5 Å². The summed E-state index contributed by atoms with van der Waals surface area (Å²) in [5.74, 6) is 3.79. The Balaban J connectivity index is 1.10. The van der Waals surface area contributed by atoms with Gasteiger partial charge in [0.1, 0.15) is 0 Å². The molecule has 1 heteroatoms. The molecule has 0 aromatic heterocycles. The summed E-state index contributed by atoms with van der Waals surface area (Å²) < 4.78 is 0. The second kappa shape index (κ2) is 9.82. The van der Waals surface area contributed by atoms with Gasteiger partial charge in [0.2, 0.25) is 0 Å². The van der Waals surface area contributed by atoms with E-state index in [0.717, 1.165) is 30.1 Å². The first-order valence-electron chi connectivity index (χ1n) is 17.2. The lowest BCUT2D eigenvalue weighted by Gasteiger charge is -2.53. The fourth-order valence-electron chi connectivity index (χ4n) is 10.6. The van der Waals surface area contributed by atoms with E-state index in [9.17, 15) is 0 Å². The Morgan fingerprint density at radius 3 is 2.36 bits per heavy atom. The first-order chi connectivity index (χ1) is 22.3. The number of benzene rings is 5. The van der Waals surface area contributed by atoms with Crippen LogP contribution >= 0.6 is 0 Å². The van der Waals surface area contributed by atoms with Gasteiger partial charge >= 0.3 is 0 Å². The predicted octanol–water partition coefficient (Wildman–Crippen LogP) is 11.5. The number of hydrogen-bond donors (Lipinski definition) is 0. The van der Waals surface area contributed by atoms with Crippen LogP contribution < -0.4 is 4.90 Å². The van der Waals surface area contributed by atoms with Crippen molar-refractivity contribution in [1.82, 2.24) is 0 Å². The molecule has 3 saturated carbocycles. The highest BCUT2D eigenvalue weighted by Gasteiger charge is 2.62. The summed E-state index contributed by atoms with van der Waals surface area (Å²) in [7, 11) is 0. The molecule has 5 aliphatic rings. The normalized spacial score (nSPS) is 27.5. The van der Waals surface area contributed by atoms with Crippen molar-refractivity contribution in [2.24, 2.45) is 23.7 Å². The standard InChI is InChI=1S/C44H39N/c1-2-12-35(13-3-1)45(36-14-8-11-32(26-36)33-18-17-30-9-4-5-10-31(30)25-33)37-19-20-42-40(28-37)38-15-6-7-16-41(38)44(42)22-21-29-23-34-27-43(44)39(34)24-29/h1-18,25-26,28-29,34,39,43H,19-24,27H2. The Kier molecular flexibility index (Phi) is 5.65. The van der Waals surface area contributed by atoms with E-state index in [1.54, 1.807) is 16.7 Å². The zero-order chi connectivity index (χ0) is 29.5. The maximum atomic E-state index is 2.60. The van der Waals surface area contributed by atoms with Gasteiger partial charge < -0.3 is 4.90 Å². The average Bonchev–Trinajstić information content (AvgIpc) is 3.50.